The molecular weight excluding hydrogens is 286 g/mol. The molecule has 0 unspecified atom stereocenters. The molecule has 0 aliphatic carbocycles. The minimum absolute atomic E-state index is 0.0473. The van der Waals surface area contributed by atoms with Gasteiger partial charge in [0.25, 0.3) is 0 Å². The van der Waals surface area contributed by atoms with E-state index in [9.17, 15) is 4.79 Å². The number of aryl methyl sites for hydroxylation is 1. The normalized spacial score (nSPS) is 16.6. The average molecular weight is 307 g/mol. The van der Waals surface area contributed by atoms with Crippen LogP contribution < -0.4 is 0 Å². The van der Waals surface area contributed by atoms with Crippen LogP contribution in [0.25, 0.3) is 0 Å². The van der Waals surface area contributed by atoms with Crippen molar-refractivity contribution in [2.75, 3.05) is 13.1 Å². The van der Waals surface area contributed by atoms with Gasteiger partial charge in [-0.15, -0.1) is 5.92 Å². The fourth-order valence-electron chi connectivity index (χ4n) is 2.84. The van der Waals surface area contributed by atoms with Crippen LogP contribution >= 0.6 is 0 Å². The second kappa shape index (κ2) is 7.80. The van der Waals surface area contributed by atoms with Crippen molar-refractivity contribution in [3.8, 4) is 11.8 Å². The van der Waals surface area contributed by atoms with Crippen molar-refractivity contribution < 1.29 is 9.21 Å². The highest BCUT2D eigenvalue weighted by atomic mass is 16.3. The highest BCUT2D eigenvalue weighted by Crippen LogP contribution is 2.23. The van der Waals surface area contributed by atoms with E-state index in [0.717, 1.165) is 31.7 Å². The van der Waals surface area contributed by atoms with Crippen molar-refractivity contribution in [2.24, 2.45) is 0 Å². The van der Waals surface area contributed by atoms with Crippen LogP contribution in [0, 0.1) is 11.8 Å². The second-order valence-corrected chi connectivity index (χ2v) is 5.80. The summed E-state index contributed by atoms with van der Waals surface area (Å²) in [7, 11) is 0. The lowest BCUT2D eigenvalue weighted by molar-refractivity contribution is -0.121. The molecule has 0 amide bonds. The van der Waals surface area contributed by atoms with Crippen LogP contribution in [0.2, 0.25) is 0 Å². The zero-order valence-electron chi connectivity index (χ0n) is 13.2. The molecule has 2 aromatic rings. The topological polar surface area (TPSA) is 33.5 Å². The molecule has 1 saturated heterocycles. The Hall–Kier alpha value is -2.31. The zero-order valence-corrected chi connectivity index (χ0v) is 13.2. The van der Waals surface area contributed by atoms with Gasteiger partial charge in [-0.2, -0.15) is 0 Å². The molecule has 23 heavy (non-hydrogen) atoms. The predicted molar refractivity (Wildman–Crippen MR) is 89.8 cm³/mol. The minimum Gasteiger partial charge on any atom is -0.467 e. The molecule has 3 rings (SSSR count). The SMILES string of the molecule is O=C1CCN([C@H](C#CCCc2ccccc2)c2ccco2)CC1. The van der Waals surface area contributed by atoms with Crippen LogP contribution in [-0.4, -0.2) is 23.8 Å². The van der Waals surface area contributed by atoms with Gasteiger partial charge in [0, 0.05) is 32.4 Å². The standard InChI is InChI=1S/C20H21NO2/c22-18-12-14-21(15-13-18)19(20-11-6-16-23-20)10-5-4-9-17-7-2-1-3-8-17/h1-3,6-8,11,16,19H,4,9,12-15H2/t19-/m1/s1. The van der Waals surface area contributed by atoms with E-state index in [-0.39, 0.29) is 6.04 Å². The van der Waals surface area contributed by atoms with Crippen molar-refractivity contribution in [2.45, 2.75) is 31.7 Å². The van der Waals surface area contributed by atoms with E-state index in [2.05, 4.69) is 41.0 Å². The van der Waals surface area contributed by atoms with E-state index in [1.54, 1.807) is 6.26 Å². The van der Waals surface area contributed by atoms with Gasteiger partial charge in [0.15, 0.2) is 0 Å². The lowest BCUT2D eigenvalue weighted by Gasteiger charge is -2.29. The molecule has 3 nitrogen and oxygen atoms in total. The molecule has 2 heterocycles. The molecule has 1 aromatic heterocycles. The molecule has 0 N–H and O–H groups in total. The maximum Gasteiger partial charge on any atom is 0.135 e. The maximum absolute atomic E-state index is 11.4. The van der Waals surface area contributed by atoms with Crippen molar-refractivity contribution in [1.82, 2.24) is 4.90 Å². The largest absolute Gasteiger partial charge is 0.467 e. The highest BCUT2D eigenvalue weighted by molar-refractivity contribution is 5.79. The molecule has 1 aliphatic rings. The van der Waals surface area contributed by atoms with Gasteiger partial charge in [0.1, 0.15) is 17.6 Å². The Balaban J connectivity index is 1.65. The van der Waals surface area contributed by atoms with Crippen LogP contribution in [0.5, 0.6) is 0 Å². The number of rotatable bonds is 4. The number of hydrogen-bond acceptors (Lipinski definition) is 3. The fraction of sp³-hybridized carbons (Fsp3) is 0.350. The average Bonchev–Trinajstić information content (AvgIpc) is 3.11. The van der Waals surface area contributed by atoms with E-state index < -0.39 is 0 Å². The molecule has 1 aromatic carbocycles. The Kier molecular flexibility index (Phi) is 5.29. The first-order valence-corrected chi connectivity index (χ1v) is 8.14. The summed E-state index contributed by atoms with van der Waals surface area (Å²) in [6.45, 7) is 1.52. The minimum atomic E-state index is -0.0473. The third-order valence-corrected chi connectivity index (χ3v) is 4.15. The number of carbonyl (C=O) groups excluding carboxylic acids is 1. The molecule has 1 aliphatic heterocycles. The number of furan rings is 1. The summed E-state index contributed by atoms with van der Waals surface area (Å²) < 4.78 is 5.56. The van der Waals surface area contributed by atoms with Crippen LogP contribution in [0.4, 0.5) is 0 Å². The first-order chi connectivity index (χ1) is 11.3. The Morgan fingerprint density at radius 1 is 1.09 bits per heavy atom. The molecule has 1 fully saturated rings. The lowest BCUT2D eigenvalue weighted by atomic mass is 10.1. The molecule has 0 saturated carbocycles. The molecule has 0 spiro atoms. The number of nitrogens with zero attached hydrogens (tertiary/aromatic N) is 1. The second-order valence-electron chi connectivity index (χ2n) is 5.80. The smallest absolute Gasteiger partial charge is 0.135 e. The molecule has 1 atom stereocenters. The van der Waals surface area contributed by atoms with Gasteiger partial charge in [0.2, 0.25) is 0 Å². The summed E-state index contributed by atoms with van der Waals surface area (Å²) >= 11 is 0. The van der Waals surface area contributed by atoms with E-state index in [1.807, 2.05) is 18.2 Å². The van der Waals surface area contributed by atoms with Gasteiger partial charge >= 0.3 is 0 Å². The summed E-state index contributed by atoms with van der Waals surface area (Å²) in [6, 6.07) is 14.2. The zero-order chi connectivity index (χ0) is 15.9. The molecule has 0 bridgehead atoms. The summed E-state index contributed by atoms with van der Waals surface area (Å²) in [5.41, 5.74) is 1.31. The first kappa shape index (κ1) is 15.6. The third kappa shape index (κ3) is 4.34. The first-order valence-electron chi connectivity index (χ1n) is 8.14. The number of likely N-dealkylation sites (tertiary alicyclic amines) is 1. The van der Waals surface area contributed by atoms with Crippen molar-refractivity contribution >= 4 is 5.78 Å². The van der Waals surface area contributed by atoms with Crippen LogP contribution in [0.1, 0.15) is 36.6 Å². The Bertz CT molecular complexity index is 669. The monoisotopic (exact) mass is 307 g/mol. The number of benzene rings is 1. The third-order valence-electron chi connectivity index (χ3n) is 4.15. The van der Waals surface area contributed by atoms with E-state index >= 15 is 0 Å². The van der Waals surface area contributed by atoms with E-state index in [4.69, 9.17) is 4.42 Å². The fourth-order valence-corrected chi connectivity index (χ4v) is 2.84. The number of ketones is 1. The van der Waals surface area contributed by atoms with Gasteiger partial charge < -0.3 is 4.42 Å². The van der Waals surface area contributed by atoms with Gasteiger partial charge in [-0.1, -0.05) is 36.3 Å². The summed E-state index contributed by atoms with van der Waals surface area (Å²) in [5.74, 6) is 7.85. The summed E-state index contributed by atoms with van der Waals surface area (Å²) in [5, 5.41) is 0. The molecule has 118 valence electrons. The van der Waals surface area contributed by atoms with Crippen molar-refractivity contribution in [1.29, 1.82) is 0 Å². The lowest BCUT2D eigenvalue weighted by Crippen LogP contribution is -2.36. The van der Waals surface area contributed by atoms with E-state index in [1.165, 1.54) is 5.56 Å². The van der Waals surface area contributed by atoms with Gasteiger partial charge in [-0.3, -0.25) is 9.69 Å². The Labute approximate surface area is 137 Å². The number of piperidine rings is 1. The van der Waals surface area contributed by atoms with Crippen molar-refractivity contribution in [3.05, 3.63) is 60.1 Å². The molecule has 0 radical (unpaired) electrons. The predicted octanol–water partition coefficient (Wildman–Crippen LogP) is 3.62. The van der Waals surface area contributed by atoms with Crippen LogP contribution in [-0.2, 0) is 11.2 Å². The number of hydrogen-bond donors (Lipinski definition) is 0. The quantitative estimate of drug-likeness (QED) is 0.809. The maximum atomic E-state index is 11.4. The number of Topliss-reactive ketones (excluding diaryl/α,β-unsaturated/α-hetero) is 1. The Morgan fingerprint density at radius 2 is 1.87 bits per heavy atom. The highest BCUT2D eigenvalue weighted by Gasteiger charge is 2.25. The molecular formula is C20H21NO2. The summed E-state index contributed by atoms with van der Waals surface area (Å²) in [4.78, 5) is 13.7. The summed E-state index contributed by atoms with van der Waals surface area (Å²) in [6.07, 6.45) is 4.69. The Morgan fingerprint density at radius 3 is 2.57 bits per heavy atom. The number of carbonyl (C=O) groups is 1. The van der Waals surface area contributed by atoms with Gasteiger partial charge in [-0.05, 0) is 24.1 Å². The van der Waals surface area contributed by atoms with E-state index in [0.29, 0.717) is 18.6 Å². The van der Waals surface area contributed by atoms with Crippen LogP contribution in [0.15, 0.2) is 53.1 Å². The molecule has 3 heteroatoms. The van der Waals surface area contributed by atoms with Crippen LogP contribution in [0.3, 0.4) is 0 Å². The van der Waals surface area contributed by atoms with Crippen molar-refractivity contribution in [3.63, 3.8) is 0 Å². The van der Waals surface area contributed by atoms with Gasteiger partial charge in [-0.25, -0.2) is 0 Å². The van der Waals surface area contributed by atoms with Gasteiger partial charge in [0.05, 0.1) is 6.26 Å².